The molecular weight excluding hydrogens is 204 g/mol. The van der Waals surface area contributed by atoms with Gasteiger partial charge in [0, 0.05) is 0 Å². The highest BCUT2D eigenvalue weighted by Gasteiger charge is 1.97. The summed E-state index contributed by atoms with van der Waals surface area (Å²) in [5, 5.41) is 0. The monoisotopic (exact) mass is 242 g/mol. The maximum atomic E-state index is 2.36. The van der Waals surface area contributed by atoms with Crippen LogP contribution in [-0.2, 0) is 0 Å². The maximum Gasteiger partial charge on any atom is -0.0445 e. The van der Waals surface area contributed by atoms with Crippen molar-refractivity contribution in [3.63, 3.8) is 0 Å². The molecule has 0 radical (unpaired) electrons. The first kappa shape index (κ1) is 19.3. The van der Waals surface area contributed by atoms with Crippen LogP contribution in [0.25, 0.3) is 0 Å². The van der Waals surface area contributed by atoms with Gasteiger partial charge in [-0.2, -0.15) is 0 Å². The number of rotatable bonds is 10. The lowest BCUT2D eigenvalue weighted by Crippen LogP contribution is -1.91. The number of hydrogen-bond donors (Lipinski definition) is 0. The van der Waals surface area contributed by atoms with Crippen LogP contribution in [0.5, 0.6) is 0 Å². The Morgan fingerprint density at radius 3 is 1.41 bits per heavy atom. The highest BCUT2D eigenvalue weighted by molar-refractivity contribution is 4.50. The lowest BCUT2D eigenvalue weighted by Gasteiger charge is -2.06. The van der Waals surface area contributed by atoms with Crippen LogP contribution in [0, 0.1) is 5.92 Å². The Kier molecular flexibility index (Phi) is 20.9. The Hall–Kier alpha value is 0. The van der Waals surface area contributed by atoms with Crippen LogP contribution in [0.3, 0.4) is 0 Å². The first-order valence-corrected chi connectivity index (χ1v) is 8.22. The lowest BCUT2D eigenvalue weighted by atomic mass is 10.0. The van der Waals surface area contributed by atoms with Gasteiger partial charge in [-0.15, -0.1) is 0 Å². The van der Waals surface area contributed by atoms with Crippen molar-refractivity contribution in [2.75, 3.05) is 0 Å². The smallest absolute Gasteiger partial charge is 0.0445 e. The van der Waals surface area contributed by atoms with Crippen molar-refractivity contribution in [3.05, 3.63) is 0 Å². The molecule has 1 atom stereocenters. The maximum absolute atomic E-state index is 2.36. The fraction of sp³-hybridized carbons (Fsp3) is 1.00. The summed E-state index contributed by atoms with van der Waals surface area (Å²) in [5.74, 6) is 0.955. The first-order chi connectivity index (χ1) is 8.22. The first-order valence-electron chi connectivity index (χ1n) is 8.22. The van der Waals surface area contributed by atoms with Crippen LogP contribution in [0.1, 0.15) is 105 Å². The lowest BCUT2D eigenvalue weighted by molar-refractivity contribution is 0.474. The molecular formula is C17H38. The molecule has 0 aliphatic heterocycles. The van der Waals surface area contributed by atoms with Gasteiger partial charge in [-0.1, -0.05) is 105 Å². The predicted molar refractivity (Wildman–Crippen MR) is 82.6 cm³/mol. The average Bonchev–Trinajstić information content (AvgIpc) is 2.36. The van der Waals surface area contributed by atoms with Gasteiger partial charge in [-0.05, 0) is 5.92 Å². The van der Waals surface area contributed by atoms with Crippen LogP contribution >= 0.6 is 0 Å². The van der Waals surface area contributed by atoms with Crippen molar-refractivity contribution >= 4 is 0 Å². The van der Waals surface area contributed by atoms with Gasteiger partial charge in [-0.25, -0.2) is 0 Å². The molecule has 1 unspecified atom stereocenters. The third kappa shape index (κ3) is 21.8. The van der Waals surface area contributed by atoms with E-state index in [2.05, 4.69) is 34.6 Å². The molecule has 0 nitrogen and oxygen atoms in total. The molecule has 0 saturated carbocycles. The van der Waals surface area contributed by atoms with Crippen LogP contribution in [-0.4, -0.2) is 0 Å². The van der Waals surface area contributed by atoms with Crippen molar-refractivity contribution in [2.45, 2.75) is 105 Å². The topological polar surface area (TPSA) is 0 Å². The Morgan fingerprint density at radius 2 is 1.00 bits per heavy atom. The molecule has 0 saturated heterocycles. The Balaban J connectivity index is 0. The van der Waals surface area contributed by atoms with Gasteiger partial charge in [0.25, 0.3) is 0 Å². The minimum Gasteiger partial charge on any atom is -0.0654 e. The third-order valence-corrected chi connectivity index (χ3v) is 3.45. The number of hydrogen-bond acceptors (Lipinski definition) is 0. The van der Waals surface area contributed by atoms with Gasteiger partial charge >= 0.3 is 0 Å². The summed E-state index contributed by atoms with van der Waals surface area (Å²) >= 11 is 0. The zero-order valence-electron chi connectivity index (χ0n) is 13.4. The molecule has 0 rings (SSSR count). The molecule has 106 valence electrons. The van der Waals surface area contributed by atoms with Crippen molar-refractivity contribution in [3.8, 4) is 0 Å². The summed E-state index contributed by atoms with van der Waals surface area (Å²) in [6, 6.07) is 0. The van der Waals surface area contributed by atoms with E-state index >= 15 is 0 Å². The summed E-state index contributed by atoms with van der Waals surface area (Å²) in [6.45, 7) is 11.4. The second-order valence-corrected chi connectivity index (χ2v) is 5.42. The predicted octanol–water partition coefficient (Wildman–Crippen LogP) is 6.98. The van der Waals surface area contributed by atoms with Crippen molar-refractivity contribution in [1.82, 2.24) is 0 Å². The van der Waals surface area contributed by atoms with Gasteiger partial charge < -0.3 is 0 Å². The fourth-order valence-electron chi connectivity index (χ4n) is 1.80. The minimum atomic E-state index is 0.955. The van der Waals surface area contributed by atoms with E-state index in [1.165, 1.54) is 70.6 Å². The summed E-state index contributed by atoms with van der Waals surface area (Å²) in [6.07, 6.45) is 15.5. The summed E-state index contributed by atoms with van der Waals surface area (Å²) in [7, 11) is 0. The van der Waals surface area contributed by atoms with Crippen molar-refractivity contribution < 1.29 is 0 Å². The van der Waals surface area contributed by atoms with Crippen molar-refractivity contribution in [1.29, 1.82) is 0 Å². The average molecular weight is 242 g/mol. The van der Waals surface area contributed by atoms with E-state index < -0.39 is 0 Å². The Morgan fingerprint density at radius 1 is 0.588 bits per heavy atom. The molecule has 0 aliphatic carbocycles. The highest BCUT2D eigenvalue weighted by Crippen LogP contribution is 2.13. The minimum absolute atomic E-state index is 0.955. The molecule has 0 N–H and O–H groups in total. The van der Waals surface area contributed by atoms with E-state index in [-0.39, 0.29) is 0 Å². The van der Waals surface area contributed by atoms with Crippen molar-refractivity contribution in [2.24, 2.45) is 5.92 Å². The molecule has 0 aromatic heterocycles. The molecule has 0 bridgehead atoms. The highest BCUT2D eigenvalue weighted by atomic mass is 14.0. The fourth-order valence-corrected chi connectivity index (χ4v) is 1.80. The summed E-state index contributed by atoms with van der Waals surface area (Å²) in [5.41, 5.74) is 0. The Bertz CT molecular complexity index is 103. The van der Waals surface area contributed by atoms with Gasteiger partial charge in [0.1, 0.15) is 0 Å². The van der Waals surface area contributed by atoms with Gasteiger partial charge in [0.15, 0.2) is 0 Å². The largest absolute Gasteiger partial charge is 0.0654 e. The van der Waals surface area contributed by atoms with Gasteiger partial charge in [0.05, 0.1) is 0 Å². The molecule has 0 amide bonds. The summed E-state index contributed by atoms with van der Waals surface area (Å²) < 4.78 is 0. The van der Waals surface area contributed by atoms with E-state index in [0.717, 1.165) is 5.92 Å². The van der Waals surface area contributed by atoms with Gasteiger partial charge in [0.2, 0.25) is 0 Å². The zero-order chi connectivity index (χ0) is 13.4. The van der Waals surface area contributed by atoms with Crippen LogP contribution in [0.15, 0.2) is 0 Å². The number of unbranched alkanes of at least 4 members (excludes halogenated alkanes) is 7. The van der Waals surface area contributed by atoms with E-state index in [9.17, 15) is 0 Å². The van der Waals surface area contributed by atoms with Crippen LogP contribution in [0.2, 0.25) is 0 Å². The zero-order valence-corrected chi connectivity index (χ0v) is 13.4. The normalized spacial score (nSPS) is 11.8. The van der Waals surface area contributed by atoms with E-state index in [4.69, 9.17) is 0 Å². The molecule has 0 aromatic rings. The Labute approximate surface area is 112 Å². The molecule has 0 heteroatoms. The van der Waals surface area contributed by atoms with E-state index in [0.29, 0.717) is 0 Å². The standard InChI is InChI=1S/C11H24.C6H14/c1-4-6-7-8-9-10-11(3)5-2;1-3-5-6-4-2/h11H,4-10H2,1-3H3;3-6H2,1-2H3. The van der Waals surface area contributed by atoms with Crippen LogP contribution < -0.4 is 0 Å². The molecule has 0 spiro atoms. The van der Waals surface area contributed by atoms with Crippen LogP contribution in [0.4, 0.5) is 0 Å². The van der Waals surface area contributed by atoms with E-state index in [1.807, 2.05) is 0 Å². The SMILES string of the molecule is CCCCCC.CCCCCCCC(C)CC. The molecule has 0 aliphatic rings. The summed E-state index contributed by atoms with van der Waals surface area (Å²) in [4.78, 5) is 0. The van der Waals surface area contributed by atoms with Gasteiger partial charge in [-0.3, -0.25) is 0 Å². The molecule has 0 aromatic carbocycles. The second kappa shape index (κ2) is 18.4. The van der Waals surface area contributed by atoms with E-state index in [1.54, 1.807) is 0 Å². The second-order valence-electron chi connectivity index (χ2n) is 5.42. The molecule has 0 heterocycles. The molecule has 17 heavy (non-hydrogen) atoms. The molecule has 0 fully saturated rings. The third-order valence-electron chi connectivity index (χ3n) is 3.45. The quantitative estimate of drug-likeness (QED) is 0.362.